The van der Waals surface area contributed by atoms with E-state index in [9.17, 15) is 9.90 Å². The van der Waals surface area contributed by atoms with Crippen LogP contribution in [0.4, 0.5) is 0 Å². The molecular formula is C25H23IN4O3. The molecule has 0 saturated carbocycles. The molecule has 0 fully saturated rings. The SMILES string of the molecule is CCOc1cc(C=NNC(=O)C2=NNC(c3ccccc3)(c3ccccc3)C2)cc(I)c1O. The molecule has 1 amide bonds. The first-order valence-electron chi connectivity index (χ1n) is 10.5. The van der Waals surface area contributed by atoms with E-state index in [2.05, 4.69) is 21.1 Å². The zero-order chi connectivity index (χ0) is 23.3. The van der Waals surface area contributed by atoms with E-state index in [1.807, 2.05) is 90.2 Å². The number of hydrogen-bond donors (Lipinski definition) is 3. The van der Waals surface area contributed by atoms with E-state index >= 15 is 0 Å². The number of aromatic hydroxyl groups is 1. The molecule has 168 valence electrons. The number of ether oxygens (including phenoxy) is 1. The van der Waals surface area contributed by atoms with E-state index in [1.165, 1.54) is 6.21 Å². The molecule has 8 heteroatoms. The molecule has 0 unspecified atom stereocenters. The lowest BCUT2D eigenvalue weighted by Gasteiger charge is -2.30. The minimum Gasteiger partial charge on any atom is -0.504 e. The van der Waals surface area contributed by atoms with Crippen LogP contribution in [-0.4, -0.2) is 29.5 Å². The van der Waals surface area contributed by atoms with Crippen molar-refractivity contribution in [3.8, 4) is 11.5 Å². The van der Waals surface area contributed by atoms with Crippen molar-refractivity contribution in [2.24, 2.45) is 10.2 Å². The van der Waals surface area contributed by atoms with Gasteiger partial charge < -0.3 is 9.84 Å². The molecular weight excluding hydrogens is 531 g/mol. The molecule has 3 aromatic rings. The lowest BCUT2D eigenvalue weighted by molar-refractivity contribution is -0.114. The van der Waals surface area contributed by atoms with Crippen molar-refractivity contribution in [3.63, 3.8) is 0 Å². The highest BCUT2D eigenvalue weighted by atomic mass is 127. The van der Waals surface area contributed by atoms with Gasteiger partial charge in [-0.1, -0.05) is 60.7 Å². The third-order valence-electron chi connectivity index (χ3n) is 5.34. The predicted molar refractivity (Wildman–Crippen MR) is 137 cm³/mol. The van der Waals surface area contributed by atoms with Crippen molar-refractivity contribution in [1.82, 2.24) is 10.9 Å². The van der Waals surface area contributed by atoms with Crippen LogP contribution in [0.25, 0.3) is 0 Å². The summed E-state index contributed by atoms with van der Waals surface area (Å²) in [6.45, 7) is 2.27. The molecule has 3 aromatic carbocycles. The molecule has 1 aliphatic rings. The van der Waals surface area contributed by atoms with Gasteiger partial charge in [0.15, 0.2) is 11.5 Å². The van der Waals surface area contributed by atoms with Crippen LogP contribution in [0, 0.1) is 3.57 Å². The molecule has 0 atom stereocenters. The Bertz CT molecular complexity index is 1160. The second-order valence-electron chi connectivity index (χ2n) is 7.47. The molecule has 0 aliphatic carbocycles. The number of phenols is 1. The molecule has 1 aliphatic heterocycles. The number of phenolic OH excluding ortho intramolecular Hbond substituents is 1. The average Bonchev–Trinajstić information content (AvgIpc) is 3.30. The number of carbonyl (C=O) groups is 1. The molecule has 0 bridgehead atoms. The van der Waals surface area contributed by atoms with E-state index in [0.717, 1.165) is 11.1 Å². The number of nitrogens with zero attached hydrogens (tertiary/aromatic N) is 2. The van der Waals surface area contributed by atoms with Gasteiger partial charge in [-0.3, -0.25) is 10.2 Å². The number of hydrazone groups is 2. The van der Waals surface area contributed by atoms with Gasteiger partial charge in [-0.05, 0) is 58.3 Å². The molecule has 1 heterocycles. The maximum atomic E-state index is 12.8. The molecule has 3 N–H and O–H groups in total. The Morgan fingerprint density at radius 2 is 1.82 bits per heavy atom. The Morgan fingerprint density at radius 1 is 1.18 bits per heavy atom. The monoisotopic (exact) mass is 554 g/mol. The number of benzene rings is 3. The summed E-state index contributed by atoms with van der Waals surface area (Å²) in [5.41, 5.74) is 8.22. The zero-order valence-electron chi connectivity index (χ0n) is 18.0. The van der Waals surface area contributed by atoms with Crippen LogP contribution in [0.15, 0.2) is 83.0 Å². The van der Waals surface area contributed by atoms with Crippen molar-refractivity contribution in [2.75, 3.05) is 6.61 Å². The van der Waals surface area contributed by atoms with Gasteiger partial charge in [0.05, 0.1) is 16.4 Å². The molecule has 0 radical (unpaired) electrons. The highest BCUT2D eigenvalue weighted by Gasteiger charge is 2.41. The second kappa shape index (κ2) is 10.0. The second-order valence-corrected chi connectivity index (χ2v) is 8.63. The maximum Gasteiger partial charge on any atom is 0.287 e. The summed E-state index contributed by atoms with van der Waals surface area (Å²) in [6.07, 6.45) is 1.89. The minimum absolute atomic E-state index is 0.0863. The number of nitrogens with one attached hydrogen (secondary N) is 2. The van der Waals surface area contributed by atoms with Crippen molar-refractivity contribution >= 4 is 40.4 Å². The van der Waals surface area contributed by atoms with E-state index in [0.29, 0.717) is 33.6 Å². The highest BCUT2D eigenvalue weighted by molar-refractivity contribution is 14.1. The van der Waals surface area contributed by atoms with Gasteiger partial charge in [0.2, 0.25) is 0 Å². The lowest BCUT2D eigenvalue weighted by Crippen LogP contribution is -2.38. The zero-order valence-corrected chi connectivity index (χ0v) is 20.1. The predicted octanol–water partition coefficient (Wildman–Crippen LogP) is 4.14. The van der Waals surface area contributed by atoms with E-state index in [-0.39, 0.29) is 11.7 Å². The van der Waals surface area contributed by atoms with E-state index in [1.54, 1.807) is 12.1 Å². The Balaban J connectivity index is 1.50. The standard InChI is InChI=1S/C25H23IN4O3/c1-2-33-22-14-17(13-20(26)23(22)31)16-27-29-24(32)21-15-25(30-28-21,18-9-5-3-6-10-18)19-11-7-4-8-12-19/h3-14,16,30-31H,2,15H2,1H3,(H,29,32). The van der Waals surface area contributed by atoms with Crippen molar-refractivity contribution in [2.45, 2.75) is 18.9 Å². The number of hydrogen-bond acceptors (Lipinski definition) is 6. The van der Waals surface area contributed by atoms with Crippen molar-refractivity contribution in [1.29, 1.82) is 0 Å². The van der Waals surface area contributed by atoms with Crippen LogP contribution in [0.2, 0.25) is 0 Å². The number of rotatable bonds is 7. The highest BCUT2D eigenvalue weighted by Crippen LogP contribution is 2.36. The topological polar surface area (TPSA) is 95.3 Å². The molecule has 33 heavy (non-hydrogen) atoms. The van der Waals surface area contributed by atoms with Gasteiger partial charge in [0.1, 0.15) is 11.3 Å². The van der Waals surface area contributed by atoms with Crippen LogP contribution in [0.3, 0.4) is 0 Å². The van der Waals surface area contributed by atoms with Gasteiger partial charge in [-0.2, -0.15) is 10.2 Å². The van der Waals surface area contributed by atoms with Crippen LogP contribution >= 0.6 is 22.6 Å². The first kappa shape index (κ1) is 22.8. The quantitative estimate of drug-likeness (QED) is 0.233. The fraction of sp³-hybridized carbons (Fsp3) is 0.160. The third-order valence-corrected chi connectivity index (χ3v) is 6.16. The van der Waals surface area contributed by atoms with Crippen molar-refractivity contribution < 1.29 is 14.6 Å². The molecule has 0 spiro atoms. The van der Waals surface area contributed by atoms with E-state index in [4.69, 9.17) is 4.74 Å². The summed E-state index contributed by atoms with van der Waals surface area (Å²) in [6, 6.07) is 23.3. The number of carbonyl (C=O) groups excluding carboxylic acids is 1. The third kappa shape index (κ3) is 4.85. The minimum atomic E-state index is -0.627. The largest absolute Gasteiger partial charge is 0.504 e. The van der Waals surface area contributed by atoms with Gasteiger partial charge >= 0.3 is 0 Å². The molecule has 4 rings (SSSR count). The average molecular weight is 554 g/mol. The maximum absolute atomic E-state index is 12.8. The number of amides is 1. The lowest BCUT2D eigenvalue weighted by atomic mass is 9.80. The summed E-state index contributed by atoms with van der Waals surface area (Å²) < 4.78 is 6.07. The Hall–Kier alpha value is -3.40. The Morgan fingerprint density at radius 3 is 2.42 bits per heavy atom. The van der Waals surface area contributed by atoms with Crippen LogP contribution in [0.1, 0.15) is 30.0 Å². The number of halogens is 1. The molecule has 0 aromatic heterocycles. The van der Waals surface area contributed by atoms with Gasteiger partial charge in [-0.15, -0.1) is 0 Å². The first-order valence-corrected chi connectivity index (χ1v) is 11.5. The van der Waals surface area contributed by atoms with Crippen LogP contribution < -0.4 is 15.6 Å². The Labute approximate surface area is 205 Å². The smallest absolute Gasteiger partial charge is 0.287 e. The van der Waals surface area contributed by atoms with Gasteiger partial charge in [0, 0.05) is 6.42 Å². The summed E-state index contributed by atoms with van der Waals surface area (Å²) in [5.74, 6) is 0.0752. The summed E-state index contributed by atoms with van der Waals surface area (Å²) in [5, 5.41) is 18.5. The fourth-order valence-electron chi connectivity index (χ4n) is 3.73. The van der Waals surface area contributed by atoms with Crippen LogP contribution in [-0.2, 0) is 10.3 Å². The first-order chi connectivity index (χ1) is 16.0. The Kier molecular flexibility index (Phi) is 6.93. The van der Waals surface area contributed by atoms with Gasteiger partial charge in [0.25, 0.3) is 5.91 Å². The fourth-order valence-corrected chi connectivity index (χ4v) is 4.36. The summed E-state index contributed by atoms with van der Waals surface area (Å²) in [4.78, 5) is 12.8. The molecule has 0 saturated heterocycles. The normalized spacial score (nSPS) is 14.5. The van der Waals surface area contributed by atoms with Crippen molar-refractivity contribution in [3.05, 3.63) is 93.1 Å². The molecule has 7 nitrogen and oxygen atoms in total. The van der Waals surface area contributed by atoms with Crippen LogP contribution in [0.5, 0.6) is 11.5 Å². The summed E-state index contributed by atoms with van der Waals surface area (Å²) >= 11 is 2.02. The van der Waals surface area contributed by atoms with E-state index < -0.39 is 5.54 Å². The summed E-state index contributed by atoms with van der Waals surface area (Å²) in [7, 11) is 0. The van der Waals surface area contributed by atoms with Gasteiger partial charge in [-0.25, -0.2) is 5.43 Å².